The standard InChI is InChI=1S/C25H21NO4/c1-4-24(27)29-22-15-13-20(14-16-22)26(19-11-9-18(3)10-12-19)21-7-6-8-23(17-21)30-25(28)5-2/h4-17H,1-2H2,3H3. The van der Waals surface area contributed by atoms with Crippen LogP contribution in [0.5, 0.6) is 11.5 Å². The Balaban J connectivity index is 2.01. The maximum absolute atomic E-state index is 11.6. The molecule has 0 spiro atoms. The van der Waals surface area contributed by atoms with Crippen molar-refractivity contribution in [2.45, 2.75) is 6.92 Å². The molecule has 0 bridgehead atoms. The molecule has 0 saturated heterocycles. The van der Waals surface area contributed by atoms with E-state index in [0.717, 1.165) is 34.8 Å². The molecule has 0 heterocycles. The third-order valence-electron chi connectivity index (χ3n) is 4.23. The average molecular weight is 399 g/mol. The SMILES string of the molecule is C=CC(=O)Oc1ccc(N(c2ccc(C)cc2)c2cccc(OC(=O)C=C)c2)cc1. The Labute approximate surface area is 175 Å². The minimum atomic E-state index is -0.526. The highest BCUT2D eigenvalue weighted by Crippen LogP contribution is 2.36. The van der Waals surface area contributed by atoms with Crippen molar-refractivity contribution in [1.82, 2.24) is 0 Å². The molecule has 0 N–H and O–H groups in total. The molecule has 0 saturated carbocycles. The number of hydrogen-bond donors (Lipinski definition) is 0. The minimum absolute atomic E-state index is 0.408. The van der Waals surface area contributed by atoms with Gasteiger partial charge in [-0.15, -0.1) is 0 Å². The van der Waals surface area contributed by atoms with Crippen molar-refractivity contribution in [3.8, 4) is 11.5 Å². The molecule has 0 aliphatic carbocycles. The van der Waals surface area contributed by atoms with Crippen LogP contribution in [0.25, 0.3) is 0 Å². The third-order valence-corrected chi connectivity index (χ3v) is 4.23. The summed E-state index contributed by atoms with van der Waals surface area (Å²) in [6.07, 6.45) is 2.23. The van der Waals surface area contributed by atoms with Crippen LogP contribution in [0, 0.1) is 6.92 Å². The quantitative estimate of drug-likeness (QED) is 0.292. The molecule has 3 aromatic carbocycles. The van der Waals surface area contributed by atoms with E-state index in [1.54, 1.807) is 24.3 Å². The first kappa shape index (κ1) is 20.6. The third kappa shape index (κ3) is 5.02. The average Bonchev–Trinajstić information content (AvgIpc) is 2.76. The van der Waals surface area contributed by atoms with Crippen LogP contribution < -0.4 is 14.4 Å². The molecule has 0 aliphatic rings. The maximum Gasteiger partial charge on any atom is 0.335 e. The number of rotatable bonds is 7. The number of nitrogens with zero attached hydrogens (tertiary/aromatic N) is 1. The lowest BCUT2D eigenvalue weighted by molar-refractivity contribution is -0.129. The highest BCUT2D eigenvalue weighted by Gasteiger charge is 2.14. The lowest BCUT2D eigenvalue weighted by Crippen LogP contribution is -2.11. The Hall–Kier alpha value is -4.12. The molecule has 3 aromatic rings. The molecule has 150 valence electrons. The molecule has 0 radical (unpaired) electrons. The molecule has 30 heavy (non-hydrogen) atoms. The van der Waals surface area contributed by atoms with Crippen molar-refractivity contribution in [2.75, 3.05) is 4.90 Å². The number of ether oxygens (including phenoxy) is 2. The van der Waals surface area contributed by atoms with Gasteiger partial charge in [0.15, 0.2) is 0 Å². The van der Waals surface area contributed by atoms with Crippen LogP contribution in [0.3, 0.4) is 0 Å². The van der Waals surface area contributed by atoms with E-state index >= 15 is 0 Å². The predicted octanol–water partition coefficient (Wildman–Crippen LogP) is 5.65. The predicted molar refractivity (Wildman–Crippen MR) is 118 cm³/mol. The van der Waals surface area contributed by atoms with Gasteiger partial charge in [-0.05, 0) is 55.5 Å². The normalized spacial score (nSPS) is 10.0. The van der Waals surface area contributed by atoms with Crippen LogP contribution in [-0.2, 0) is 9.59 Å². The van der Waals surface area contributed by atoms with E-state index < -0.39 is 11.9 Å². The van der Waals surface area contributed by atoms with Gasteiger partial charge in [-0.2, -0.15) is 0 Å². The largest absolute Gasteiger partial charge is 0.423 e. The monoisotopic (exact) mass is 399 g/mol. The summed E-state index contributed by atoms with van der Waals surface area (Å²) in [4.78, 5) is 25.0. The van der Waals surface area contributed by atoms with Gasteiger partial charge in [-0.25, -0.2) is 9.59 Å². The van der Waals surface area contributed by atoms with Gasteiger partial charge >= 0.3 is 11.9 Å². The molecular weight excluding hydrogens is 378 g/mol. The van der Waals surface area contributed by atoms with Gasteiger partial charge < -0.3 is 14.4 Å². The number of aryl methyl sites for hydroxylation is 1. The second-order valence-electron chi connectivity index (χ2n) is 6.41. The summed E-state index contributed by atoms with van der Waals surface area (Å²) in [6.45, 7) is 8.84. The van der Waals surface area contributed by atoms with Crippen molar-refractivity contribution in [2.24, 2.45) is 0 Å². The van der Waals surface area contributed by atoms with Gasteiger partial charge in [0, 0.05) is 35.3 Å². The lowest BCUT2D eigenvalue weighted by Gasteiger charge is -2.26. The van der Waals surface area contributed by atoms with Crippen LogP contribution in [-0.4, -0.2) is 11.9 Å². The highest BCUT2D eigenvalue weighted by molar-refractivity contribution is 5.85. The van der Waals surface area contributed by atoms with Crippen LogP contribution in [0.4, 0.5) is 17.1 Å². The summed E-state index contributed by atoms with van der Waals surface area (Å²) in [5.74, 6) is -0.218. The topological polar surface area (TPSA) is 55.8 Å². The van der Waals surface area contributed by atoms with Crippen molar-refractivity contribution in [3.63, 3.8) is 0 Å². The first-order valence-corrected chi connectivity index (χ1v) is 9.25. The molecular formula is C25H21NO4. The lowest BCUT2D eigenvalue weighted by atomic mass is 10.1. The molecule has 5 heteroatoms. The fraction of sp³-hybridized carbons (Fsp3) is 0.0400. The molecule has 0 fully saturated rings. The molecule has 0 aliphatic heterocycles. The van der Waals surface area contributed by atoms with E-state index in [1.807, 2.05) is 60.4 Å². The summed E-state index contributed by atoms with van der Waals surface area (Å²) in [6, 6.07) is 22.3. The van der Waals surface area contributed by atoms with E-state index in [-0.39, 0.29) is 0 Å². The number of carbonyl (C=O) groups is 2. The number of benzene rings is 3. The summed E-state index contributed by atoms with van der Waals surface area (Å²) in [5.41, 5.74) is 3.69. The van der Waals surface area contributed by atoms with Crippen molar-refractivity contribution >= 4 is 29.0 Å². The van der Waals surface area contributed by atoms with E-state index in [0.29, 0.717) is 11.5 Å². The zero-order valence-electron chi connectivity index (χ0n) is 16.6. The van der Waals surface area contributed by atoms with Crippen molar-refractivity contribution in [3.05, 3.63) is 104 Å². The van der Waals surface area contributed by atoms with Crippen LogP contribution in [0.15, 0.2) is 98.1 Å². The molecule has 0 unspecified atom stereocenters. The fourth-order valence-electron chi connectivity index (χ4n) is 2.81. The van der Waals surface area contributed by atoms with E-state index in [2.05, 4.69) is 13.2 Å². The minimum Gasteiger partial charge on any atom is -0.423 e. The van der Waals surface area contributed by atoms with Crippen molar-refractivity contribution < 1.29 is 19.1 Å². The summed E-state index contributed by atoms with van der Waals surface area (Å²) < 4.78 is 10.4. The van der Waals surface area contributed by atoms with Crippen LogP contribution in [0.1, 0.15) is 5.56 Å². The Morgan fingerprint density at radius 1 is 0.733 bits per heavy atom. The van der Waals surface area contributed by atoms with Crippen molar-refractivity contribution in [1.29, 1.82) is 0 Å². The van der Waals surface area contributed by atoms with E-state index in [1.165, 1.54) is 0 Å². The number of carbonyl (C=O) groups excluding carboxylic acids is 2. The second kappa shape index (κ2) is 9.39. The molecule has 0 amide bonds. The summed E-state index contributed by atoms with van der Waals surface area (Å²) in [5, 5.41) is 0. The van der Waals surface area contributed by atoms with Gasteiger partial charge in [-0.1, -0.05) is 36.9 Å². The first-order valence-electron chi connectivity index (χ1n) is 9.25. The first-order chi connectivity index (χ1) is 14.5. The summed E-state index contributed by atoms with van der Waals surface area (Å²) >= 11 is 0. The zero-order valence-corrected chi connectivity index (χ0v) is 16.6. The Morgan fingerprint density at radius 3 is 1.83 bits per heavy atom. The number of hydrogen-bond acceptors (Lipinski definition) is 5. The smallest absolute Gasteiger partial charge is 0.335 e. The molecule has 3 rings (SSSR count). The highest BCUT2D eigenvalue weighted by atomic mass is 16.5. The van der Waals surface area contributed by atoms with Gasteiger partial charge in [0.25, 0.3) is 0 Å². The fourth-order valence-corrected chi connectivity index (χ4v) is 2.81. The van der Waals surface area contributed by atoms with Gasteiger partial charge in [0.1, 0.15) is 11.5 Å². The van der Waals surface area contributed by atoms with E-state index in [9.17, 15) is 9.59 Å². The molecule has 5 nitrogen and oxygen atoms in total. The van der Waals surface area contributed by atoms with Crippen LogP contribution in [0.2, 0.25) is 0 Å². The Kier molecular flexibility index (Phi) is 6.45. The van der Waals surface area contributed by atoms with E-state index in [4.69, 9.17) is 9.47 Å². The molecule has 0 atom stereocenters. The number of anilines is 3. The summed E-state index contributed by atoms with van der Waals surface area (Å²) in [7, 11) is 0. The number of esters is 2. The molecule has 0 aromatic heterocycles. The second-order valence-corrected chi connectivity index (χ2v) is 6.41. The van der Waals surface area contributed by atoms with Gasteiger partial charge in [0.2, 0.25) is 0 Å². The Morgan fingerprint density at radius 2 is 1.27 bits per heavy atom. The van der Waals surface area contributed by atoms with Crippen LogP contribution >= 0.6 is 0 Å². The maximum atomic E-state index is 11.6. The zero-order chi connectivity index (χ0) is 21.5. The Bertz CT molecular complexity index is 1070. The van der Waals surface area contributed by atoms with Gasteiger partial charge in [-0.3, -0.25) is 0 Å². The van der Waals surface area contributed by atoms with Gasteiger partial charge in [0.05, 0.1) is 0 Å².